The summed E-state index contributed by atoms with van der Waals surface area (Å²) >= 11 is 3.42. The average molecular weight is 561 g/mol. The van der Waals surface area contributed by atoms with Crippen LogP contribution >= 0.6 is 39.9 Å². The molecule has 0 saturated heterocycles. The van der Waals surface area contributed by atoms with E-state index in [9.17, 15) is 4.79 Å². The lowest BCUT2D eigenvalue weighted by molar-refractivity contribution is -0.115. The summed E-state index contributed by atoms with van der Waals surface area (Å²) in [7, 11) is 1.64. The van der Waals surface area contributed by atoms with Gasteiger partial charge in [-0.3, -0.25) is 4.79 Å². The van der Waals surface area contributed by atoms with Gasteiger partial charge in [-0.2, -0.15) is 0 Å². The van der Waals surface area contributed by atoms with Crippen LogP contribution in [0.1, 0.15) is 18.1 Å². The summed E-state index contributed by atoms with van der Waals surface area (Å²) in [5.41, 5.74) is 2.85. The Bertz CT molecular complexity index is 797. The van der Waals surface area contributed by atoms with Crippen LogP contribution in [0.4, 0.5) is 5.69 Å². The molecule has 0 heterocycles. The molecule has 0 aliphatic rings. The van der Waals surface area contributed by atoms with Crippen molar-refractivity contribution in [2.24, 2.45) is 4.99 Å². The van der Waals surface area contributed by atoms with E-state index in [2.05, 4.69) is 36.9 Å². The Morgan fingerprint density at radius 2 is 1.86 bits per heavy atom. The van der Waals surface area contributed by atoms with Crippen molar-refractivity contribution >= 4 is 57.5 Å². The van der Waals surface area contributed by atoms with Crippen LogP contribution in [0, 0.1) is 6.92 Å². The fourth-order valence-electron chi connectivity index (χ4n) is 2.33. The molecule has 2 aromatic rings. The zero-order valence-electron chi connectivity index (χ0n) is 16.2. The van der Waals surface area contributed by atoms with Crippen molar-refractivity contribution < 1.29 is 9.53 Å². The molecule has 1 amide bonds. The van der Waals surface area contributed by atoms with Gasteiger partial charge in [0.05, 0.1) is 20.2 Å². The molecular formula is C20H26BrIN4O2. The minimum Gasteiger partial charge on any atom is -0.497 e. The molecule has 8 heteroatoms. The maximum absolute atomic E-state index is 12.2. The number of anilines is 1. The Hall–Kier alpha value is -1.81. The lowest BCUT2D eigenvalue weighted by atomic mass is 10.2. The van der Waals surface area contributed by atoms with Gasteiger partial charge in [0.2, 0.25) is 5.91 Å². The molecule has 0 saturated carbocycles. The number of amides is 1. The molecule has 2 aromatic carbocycles. The zero-order chi connectivity index (χ0) is 19.6. The number of hydrogen-bond acceptors (Lipinski definition) is 3. The summed E-state index contributed by atoms with van der Waals surface area (Å²) in [6.45, 7) is 5.28. The molecule has 0 aromatic heterocycles. The molecule has 3 N–H and O–H groups in total. The number of aryl methyl sites for hydroxylation is 1. The Morgan fingerprint density at radius 3 is 2.50 bits per heavy atom. The number of guanidine groups is 1. The first kappa shape index (κ1) is 24.2. The van der Waals surface area contributed by atoms with E-state index in [1.54, 1.807) is 7.11 Å². The fraction of sp³-hybridized carbons (Fsp3) is 0.300. The highest BCUT2D eigenvalue weighted by Crippen LogP contribution is 2.20. The topological polar surface area (TPSA) is 74.8 Å². The molecule has 152 valence electrons. The van der Waals surface area contributed by atoms with Crippen molar-refractivity contribution in [1.82, 2.24) is 10.6 Å². The van der Waals surface area contributed by atoms with Crippen molar-refractivity contribution in [1.29, 1.82) is 0 Å². The maximum atomic E-state index is 12.2. The summed E-state index contributed by atoms with van der Waals surface area (Å²) in [5, 5.41) is 9.11. The molecule has 0 aliphatic heterocycles. The van der Waals surface area contributed by atoms with Gasteiger partial charge in [-0.05, 0) is 49.2 Å². The van der Waals surface area contributed by atoms with Crippen molar-refractivity contribution in [3.63, 3.8) is 0 Å². The molecule has 0 atom stereocenters. The van der Waals surface area contributed by atoms with E-state index in [4.69, 9.17) is 4.74 Å². The zero-order valence-corrected chi connectivity index (χ0v) is 20.1. The first-order chi connectivity index (χ1) is 13.0. The SMILES string of the molecule is CCNC(=NCc1ccc(OC)cc1)NCC(=O)Nc1cc(Br)ccc1C.I. The quantitative estimate of drug-likeness (QED) is 0.271. The number of rotatable bonds is 7. The van der Waals surface area contributed by atoms with E-state index in [1.807, 2.05) is 56.3 Å². The van der Waals surface area contributed by atoms with Crippen LogP contribution in [0.25, 0.3) is 0 Å². The number of ether oxygens (including phenoxy) is 1. The second kappa shape index (κ2) is 12.6. The largest absolute Gasteiger partial charge is 0.497 e. The number of aliphatic imine (C=N–C) groups is 1. The van der Waals surface area contributed by atoms with Gasteiger partial charge in [0, 0.05) is 16.7 Å². The first-order valence-electron chi connectivity index (χ1n) is 8.73. The van der Waals surface area contributed by atoms with Crippen LogP contribution in [0.15, 0.2) is 51.9 Å². The third-order valence-corrected chi connectivity index (χ3v) is 4.31. The molecule has 0 aliphatic carbocycles. The molecule has 6 nitrogen and oxygen atoms in total. The van der Waals surface area contributed by atoms with Gasteiger partial charge in [-0.25, -0.2) is 4.99 Å². The molecule has 0 fully saturated rings. The molecule has 0 unspecified atom stereocenters. The maximum Gasteiger partial charge on any atom is 0.243 e. The number of carbonyl (C=O) groups is 1. The van der Waals surface area contributed by atoms with Gasteiger partial charge >= 0.3 is 0 Å². The van der Waals surface area contributed by atoms with Crippen molar-refractivity contribution in [3.05, 3.63) is 58.1 Å². The third kappa shape index (κ3) is 8.05. The summed E-state index contributed by atoms with van der Waals surface area (Å²) < 4.78 is 6.08. The van der Waals surface area contributed by atoms with Gasteiger partial charge in [0.25, 0.3) is 0 Å². The molecule has 28 heavy (non-hydrogen) atoms. The molecular weight excluding hydrogens is 535 g/mol. The molecule has 2 rings (SSSR count). The second-order valence-corrected chi connectivity index (χ2v) is 6.82. The van der Waals surface area contributed by atoms with E-state index in [-0.39, 0.29) is 36.4 Å². The Labute approximate surface area is 191 Å². The van der Waals surface area contributed by atoms with Gasteiger partial charge in [0.1, 0.15) is 5.75 Å². The predicted octanol–water partition coefficient (Wildman–Crippen LogP) is 4.08. The van der Waals surface area contributed by atoms with E-state index in [0.29, 0.717) is 19.0 Å². The van der Waals surface area contributed by atoms with E-state index in [1.165, 1.54) is 0 Å². The van der Waals surface area contributed by atoms with Crippen molar-refractivity contribution in [2.75, 3.05) is 25.5 Å². The minimum atomic E-state index is -0.133. The number of nitrogens with zero attached hydrogens (tertiary/aromatic N) is 1. The lowest BCUT2D eigenvalue weighted by Crippen LogP contribution is -2.41. The van der Waals surface area contributed by atoms with Crippen LogP contribution < -0.4 is 20.7 Å². The number of benzene rings is 2. The van der Waals surface area contributed by atoms with Gasteiger partial charge in [-0.15, -0.1) is 24.0 Å². The van der Waals surface area contributed by atoms with Gasteiger partial charge < -0.3 is 20.7 Å². The second-order valence-electron chi connectivity index (χ2n) is 5.90. The first-order valence-corrected chi connectivity index (χ1v) is 9.52. The van der Waals surface area contributed by atoms with E-state index >= 15 is 0 Å². The fourth-order valence-corrected chi connectivity index (χ4v) is 2.69. The van der Waals surface area contributed by atoms with Crippen LogP contribution in [0.3, 0.4) is 0 Å². The number of hydrogen-bond donors (Lipinski definition) is 3. The highest BCUT2D eigenvalue weighted by Gasteiger charge is 2.07. The number of halogens is 2. The smallest absolute Gasteiger partial charge is 0.243 e. The van der Waals surface area contributed by atoms with E-state index < -0.39 is 0 Å². The molecule has 0 bridgehead atoms. The molecule has 0 radical (unpaired) electrons. The summed E-state index contributed by atoms with van der Waals surface area (Å²) in [5.74, 6) is 1.27. The van der Waals surface area contributed by atoms with Crippen LogP contribution in [0.2, 0.25) is 0 Å². The highest BCUT2D eigenvalue weighted by atomic mass is 127. The number of carbonyl (C=O) groups excluding carboxylic acids is 1. The average Bonchev–Trinajstić information content (AvgIpc) is 2.67. The lowest BCUT2D eigenvalue weighted by Gasteiger charge is -2.13. The third-order valence-electron chi connectivity index (χ3n) is 3.81. The van der Waals surface area contributed by atoms with Crippen molar-refractivity contribution in [2.45, 2.75) is 20.4 Å². The van der Waals surface area contributed by atoms with Gasteiger partial charge in [-0.1, -0.05) is 34.1 Å². The van der Waals surface area contributed by atoms with Gasteiger partial charge in [0.15, 0.2) is 5.96 Å². The van der Waals surface area contributed by atoms with Crippen LogP contribution in [0.5, 0.6) is 5.75 Å². The minimum absolute atomic E-state index is 0. The normalized spacial score (nSPS) is 10.6. The van der Waals surface area contributed by atoms with Crippen LogP contribution in [-0.2, 0) is 11.3 Å². The Balaban J connectivity index is 0.00000392. The number of methoxy groups -OCH3 is 1. The number of nitrogens with one attached hydrogen (secondary N) is 3. The van der Waals surface area contributed by atoms with Crippen molar-refractivity contribution in [3.8, 4) is 5.75 Å². The predicted molar refractivity (Wildman–Crippen MR) is 129 cm³/mol. The monoisotopic (exact) mass is 560 g/mol. The van der Waals surface area contributed by atoms with Crippen LogP contribution in [-0.4, -0.2) is 32.1 Å². The summed E-state index contributed by atoms with van der Waals surface area (Å²) in [6, 6.07) is 13.5. The summed E-state index contributed by atoms with van der Waals surface area (Å²) in [4.78, 5) is 16.8. The standard InChI is InChI=1S/C20H25BrN4O2.HI/c1-4-22-20(23-12-15-6-9-17(27-3)10-7-15)24-13-19(26)25-18-11-16(21)8-5-14(18)2;/h5-11H,4,12-13H2,1-3H3,(H,25,26)(H2,22,23,24);1H. The summed E-state index contributed by atoms with van der Waals surface area (Å²) in [6.07, 6.45) is 0. The van der Waals surface area contributed by atoms with E-state index in [0.717, 1.165) is 27.0 Å². The highest BCUT2D eigenvalue weighted by molar-refractivity contribution is 14.0. The Kier molecular flexibility index (Phi) is 10.9. The molecule has 0 spiro atoms. The Morgan fingerprint density at radius 1 is 1.14 bits per heavy atom.